The molecule has 1 heterocycles. The van der Waals surface area contributed by atoms with E-state index in [1.165, 1.54) is 23.5 Å². The van der Waals surface area contributed by atoms with E-state index in [4.69, 9.17) is 17.0 Å². The number of nitro benzene ring substituents is 1. The summed E-state index contributed by atoms with van der Waals surface area (Å²) in [4.78, 5) is 24.3. The van der Waals surface area contributed by atoms with Crippen molar-refractivity contribution in [3.63, 3.8) is 0 Å². The predicted molar refractivity (Wildman–Crippen MR) is 128 cm³/mol. The minimum atomic E-state index is -0.464. The first-order valence-corrected chi connectivity index (χ1v) is 10.7. The lowest BCUT2D eigenvalue weighted by Crippen LogP contribution is -2.21. The van der Waals surface area contributed by atoms with Gasteiger partial charge in [0.25, 0.3) is 5.69 Å². The fourth-order valence-electron chi connectivity index (χ4n) is 3.10. The van der Waals surface area contributed by atoms with Crippen LogP contribution in [0.1, 0.15) is 27.7 Å². The maximum absolute atomic E-state index is 12.8. The SMILES string of the molecule is CCOC(=O)c1c(NC(=S)Nc2cc([N+](=O)[O-])ccc2C)sc(C)c1-c1ccccc1. The number of non-ortho nitro benzene ring substituents is 1. The maximum atomic E-state index is 12.8. The summed E-state index contributed by atoms with van der Waals surface area (Å²) in [6.07, 6.45) is 0. The molecule has 1 aromatic heterocycles. The van der Waals surface area contributed by atoms with Crippen molar-refractivity contribution in [2.24, 2.45) is 0 Å². The first-order valence-electron chi connectivity index (χ1n) is 9.50. The summed E-state index contributed by atoms with van der Waals surface area (Å²) in [5, 5.41) is 17.9. The summed E-state index contributed by atoms with van der Waals surface area (Å²) in [5.74, 6) is -0.442. The van der Waals surface area contributed by atoms with Gasteiger partial charge in [-0.15, -0.1) is 11.3 Å². The Labute approximate surface area is 189 Å². The molecule has 0 radical (unpaired) electrons. The van der Waals surface area contributed by atoms with Crippen LogP contribution >= 0.6 is 23.6 Å². The molecule has 160 valence electrons. The van der Waals surface area contributed by atoms with Crippen LogP contribution in [0.5, 0.6) is 0 Å². The van der Waals surface area contributed by atoms with Crippen LogP contribution in [0.3, 0.4) is 0 Å². The third-order valence-corrected chi connectivity index (χ3v) is 5.76. The molecular weight excluding hydrogens is 434 g/mol. The van der Waals surface area contributed by atoms with Gasteiger partial charge in [0.05, 0.1) is 11.5 Å². The number of hydrogen-bond acceptors (Lipinski definition) is 6. The standard InChI is InChI=1S/C22H21N3O4S2/c1-4-29-21(26)19-18(15-8-6-5-7-9-15)14(3)31-20(19)24-22(30)23-17-12-16(25(27)28)11-10-13(17)2/h5-12H,4H2,1-3H3,(H2,23,24,30). The Morgan fingerprint density at radius 2 is 1.87 bits per heavy atom. The van der Waals surface area contributed by atoms with Crippen molar-refractivity contribution in [3.05, 3.63) is 74.6 Å². The molecule has 0 amide bonds. The molecular formula is C22H21N3O4S2. The van der Waals surface area contributed by atoms with Crippen LogP contribution in [0.2, 0.25) is 0 Å². The number of ether oxygens (including phenoxy) is 1. The highest BCUT2D eigenvalue weighted by molar-refractivity contribution is 7.80. The highest BCUT2D eigenvalue weighted by atomic mass is 32.1. The molecule has 0 bridgehead atoms. The highest BCUT2D eigenvalue weighted by Gasteiger charge is 2.25. The first kappa shape index (κ1) is 22.4. The zero-order chi connectivity index (χ0) is 22.5. The van der Waals surface area contributed by atoms with Gasteiger partial charge in [-0.05, 0) is 44.1 Å². The Bertz CT molecular complexity index is 1140. The summed E-state index contributed by atoms with van der Waals surface area (Å²) < 4.78 is 5.29. The first-order chi connectivity index (χ1) is 14.8. The van der Waals surface area contributed by atoms with Crippen molar-refractivity contribution in [2.45, 2.75) is 20.8 Å². The average molecular weight is 456 g/mol. The molecule has 31 heavy (non-hydrogen) atoms. The maximum Gasteiger partial charge on any atom is 0.341 e. The van der Waals surface area contributed by atoms with Crippen molar-refractivity contribution >= 4 is 51.0 Å². The van der Waals surface area contributed by atoms with E-state index >= 15 is 0 Å². The number of thiocarbonyl (C=S) groups is 1. The second kappa shape index (κ2) is 9.67. The quantitative estimate of drug-likeness (QED) is 0.206. The van der Waals surface area contributed by atoms with Crippen molar-refractivity contribution in [1.82, 2.24) is 0 Å². The van der Waals surface area contributed by atoms with Crippen molar-refractivity contribution in [3.8, 4) is 11.1 Å². The number of benzene rings is 2. The molecule has 0 aliphatic carbocycles. The fraction of sp³-hybridized carbons (Fsp3) is 0.182. The minimum absolute atomic E-state index is 0.0403. The van der Waals surface area contributed by atoms with E-state index in [2.05, 4.69) is 10.6 Å². The number of nitrogens with zero attached hydrogens (tertiary/aromatic N) is 1. The van der Waals surface area contributed by atoms with E-state index < -0.39 is 10.9 Å². The second-order valence-corrected chi connectivity index (χ2v) is 8.29. The second-order valence-electron chi connectivity index (χ2n) is 6.66. The van der Waals surface area contributed by atoms with Crippen LogP contribution in [0.4, 0.5) is 16.4 Å². The van der Waals surface area contributed by atoms with Crippen molar-refractivity contribution in [2.75, 3.05) is 17.2 Å². The van der Waals surface area contributed by atoms with Gasteiger partial charge in [-0.25, -0.2) is 4.79 Å². The molecule has 2 aromatic carbocycles. The van der Waals surface area contributed by atoms with Crippen molar-refractivity contribution in [1.29, 1.82) is 0 Å². The Balaban J connectivity index is 1.94. The van der Waals surface area contributed by atoms with Crippen LogP contribution in [0.15, 0.2) is 48.5 Å². The Morgan fingerprint density at radius 1 is 1.16 bits per heavy atom. The number of esters is 1. The number of rotatable bonds is 6. The van der Waals surface area contributed by atoms with Gasteiger partial charge in [-0.2, -0.15) is 0 Å². The van der Waals surface area contributed by atoms with E-state index in [9.17, 15) is 14.9 Å². The Hall–Kier alpha value is -3.30. The molecule has 0 unspecified atom stereocenters. The number of thiophene rings is 1. The van der Waals surface area contributed by atoms with Gasteiger partial charge >= 0.3 is 5.97 Å². The summed E-state index contributed by atoms with van der Waals surface area (Å²) in [6.45, 7) is 5.75. The molecule has 9 heteroatoms. The molecule has 0 saturated carbocycles. The van der Waals surface area contributed by atoms with Gasteiger partial charge in [0.15, 0.2) is 5.11 Å². The molecule has 2 N–H and O–H groups in total. The number of hydrogen-bond donors (Lipinski definition) is 2. The van der Waals surface area contributed by atoms with Crippen LogP contribution in [0.25, 0.3) is 11.1 Å². The molecule has 7 nitrogen and oxygen atoms in total. The molecule has 0 spiro atoms. The summed E-state index contributed by atoms with van der Waals surface area (Å²) in [6, 6.07) is 14.1. The van der Waals surface area contributed by atoms with Crippen LogP contribution in [0, 0.1) is 24.0 Å². The van der Waals surface area contributed by atoms with Gasteiger partial charge in [0.2, 0.25) is 0 Å². The zero-order valence-electron chi connectivity index (χ0n) is 17.2. The molecule has 0 fully saturated rings. The zero-order valence-corrected chi connectivity index (χ0v) is 18.9. The number of aryl methyl sites for hydroxylation is 2. The molecule has 3 aromatic rings. The largest absolute Gasteiger partial charge is 0.462 e. The number of carbonyl (C=O) groups excluding carboxylic acids is 1. The van der Waals surface area contributed by atoms with E-state index in [0.29, 0.717) is 16.3 Å². The molecule has 0 atom stereocenters. The monoisotopic (exact) mass is 455 g/mol. The van der Waals surface area contributed by atoms with E-state index in [-0.39, 0.29) is 17.4 Å². The number of anilines is 2. The fourth-order valence-corrected chi connectivity index (χ4v) is 4.44. The van der Waals surface area contributed by atoms with Gasteiger partial charge in [0.1, 0.15) is 10.6 Å². The van der Waals surface area contributed by atoms with Crippen molar-refractivity contribution < 1.29 is 14.5 Å². The molecule has 3 rings (SSSR count). The van der Waals surface area contributed by atoms with Crippen LogP contribution in [-0.4, -0.2) is 22.6 Å². The van der Waals surface area contributed by atoms with E-state index in [0.717, 1.165) is 21.6 Å². The number of nitrogens with one attached hydrogen (secondary N) is 2. The normalized spacial score (nSPS) is 10.4. The molecule has 0 aliphatic heterocycles. The third kappa shape index (κ3) is 5.07. The summed E-state index contributed by atoms with van der Waals surface area (Å²) in [5.41, 5.74) is 3.38. The summed E-state index contributed by atoms with van der Waals surface area (Å²) >= 11 is 6.82. The van der Waals surface area contributed by atoms with Crippen LogP contribution < -0.4 is 10.6 Å². The smallest absolute Gasteiger partial charge is 0.341 e. The lowest BCUT2D eigenvalue weighted by molar-refractivity contribution is -0.384. The van der Waals surface area contributed by atoms with E-state index in [1.54, 1.807) is 13.0 Å². The minimum Gasteiger partial charge on any atom is -0.462 e. The Kier molecular flexibility index (Phi) is 6.98. The van der Waals surface area contributed by atoms with Crippen LogP contribution in [-0.2, 0) is 4.74 Å². The Morgan fingerprint density at radius 3 is 2.52 bits per heavy atom. The van der Waals surface area contributed by atoms with Gasteiger partial charge in [-0.1, -0.05) is 36.4 Å². The topological polar surface area (TPSA) is 93.5 Å². The average Bonchev–Trinajstić information content (AvgIpc) is 3.05. The number of nitro groups is 1. The number of carbonyl (C=O) groups is 1. The van der Waals surface area contributed by atoms with E-state index in [1.807, 2.05) is 44.2 Å². The third-order valence-electron chi connectivity index (χ3n) is 4.53. The van der Waals surface area contributed by atoms with Gasteiger partial charge in [-0.3, -0.25) is 10.1 Å². The lowest BCUT2D eigenvalue weighted by Gasteiger charge is -2.13. The van der Waals surface area contributed by atoms with Gasteiger partial charge in [0, 0.05) is 28.3 Å². The highest BCUT2D eigenvalue weighted by Crippen LogP contribution is 2.40. The predicted octanol–water partition coefficient (Wildman–Crippen LogP) is 5.93. The molecule has 0 saturated heterocycles. The van der Waals surface area contributed by atoms with Gasteiger partial charge < -0.3 is 15.4 Å². The molecule has 0 aliphatic rings. The lowest BCUT2D eigenvalue weighted by atomic mass is 10.0. The summed E-state index contributed by atoms with van der Waals surface area (Å²) in [7, 11) is 0.